The van der Waals surface area contributed by atoms with Crippen molar-refractivity contribution in [2.75, 3.05) is 0 Å². The van der Waals surface area contributed by atoms with Gasteiger partial charge in [0.2, 0.25) is 6.54 Å². The summed E-state index contributed by atoms with van der Waals surface area (Å²) >= 11 is 1.65. The summed E-state index contributed by atoms with van der Waals surface area (Å²) in [7, 11) is 0. The van der Waals surface area contributed by atoms with E-state index >= 15 is 0 Å². The molecule has 0 amide bonds. The quantitative estimate of drug-likeness (QED) is 0.699. The summed E-state index contributed by atoms with van der Waals surface area (Å²) in [5, 5.41) is 1.06. The third kappa shape index (κ3) is 1.80. The van der Waals surface area contributed by atoms with Gasteiger partial charge in [-0.3, -0.25) is 4.79 Å². The van der Waals surface area contributed by atoms with Gasteiger partial charge in [0.15, 0.2) is 18.2 Å². The first-order chi connectivity index (χ1) is 6.65. The van der Waals surface area contributed by atoms with Crippen LogP contribution in [0.15, 0.2) is 18.5 Å². The van der Waals surface area contributed by atoms with Gasteiger partial charge in [0, 0.05) is 13.0 Å². The van der Waals surface area contributed by atoms with Gasteiger partial charge < -0.3 is 0 Å². The molecule has 2 rings (SSSR count). The first-order valence-electron chi connectivity index (χ1n) is 4.41. The van der Waals surface area contributed by atoms with Gasteiger partial charge in [-0.2, -0.15) is 4.57 Å². The van der Waals surface area contributed by atoms with Gasteiger partial charge in [0.05, 0.1) is 10.5 Å². The number of thiazole rings is 1. The van der Waals surface area contributed by atoms with Crippen LogP contribution in [0.1, 0.15) is 11.9 Å². The molecule has 2 heterocycles. The number of ketones is 1. The second kappa shape index (κ2) is 3.46. The lowest BCUT2D eigenvalue weighted by atomic mass is 10.4. The van der Waals surface area contributed by atoms with E-state index in [1.807, 2.05) is 30.0 Å². The Hall–Kier alpha value is -1.29. The molecule has 0 saturated carbocycles. The largest absolute Gasteiger partial charge is 0.293 e. The topological polar surface area (TPSA) is 33.8 Å². The van der Waals surface area contributed by atoms with Gasteiger partial charge in [-0.05, 0) is 6.92 Å². The highest BCUT2D eigenvalue weighted by Gasteiger charge is 2.08. The minimum absolute atomic E-state index is 0.163. The number of carbonyl (C=O) groups excluding carboxylic acids is 1. The summed E-state index contributed by atoms with van der Waals surface area (Å²) in [5.74, 6) is 0.163. The smallest absolute Gasteiger partial charge is 0.206 e. The third-order valence-corrected chi connectivity index (χ3v) is 2.82. The summed E-state index contributed by atoms with van der Waals surface area (Å²) in [4.78, 5) is 15.3. The summed E-state index contributed by atoms with van der Waals surface area (Å²) < 4.78 is 3.02. The summed E-state index contributed by atoms with van der Waals surface area (Å²) in [6.45, 7) is 4.02. The van der Waals surface area contributed by atoms with Crippen molar-refractivity contribution in [3.63, 3.8) is 0 Å². The van der Waals surface area contributed by atoms with Crippen molar-refractivity contribution >= 4 is 27.3 Å². The molecule has 0 radical (unpaired) electrons. The lowest BCUT2D eigenvalue weighted by molar-refractivity contribution is -0.682. The molecule has 14 heavy (non-hydrogen) atoms. The minimum Gasteiger partial charge on any atom is -0.293 e. The van der Waals surface area contributed by atoms with E-state index in [4.69, 9.17) is 0 Å². The molecular formula is C10H11N2OS+. The van der Waals surface area contributed by atoms with E-state index in [2.05, 4.69) is 4.98 Å². The monoisotopic (exact) mass is 207 g/mol. The Morgan fingerprint density at radius 3 is 3.14 bits per heavy atom. The lowest BCUT2D eigenvalue weighted by Crippen LogP contribution is -2.35. The van der Waals surface area contributed by atoms with Gasteiger partial charge in [-0.25, -0.2) is 4.98 Å². The maximum absolute atomic E-state index is 10.9. The molecule has 0 N–H and O–H groups in total. The first-order valence-corrected chi connectivity index (χ1v) is 5.22. The van der Waals surface area contributed by atoms with E-state index in [1.165, 1.54) is 0 Å². The molecule has 0 atom stereocenters. The van der Waals surface area contributed by atoms with Crippen LogP contribution in [-0.2, 0) is 11.3 Å². The summed E-state index contributed by atoms with van der Waals surface area (Å²) in [6, 6.07) is 1.95. The number of Topliss-reactive ketones (excluding diaryl/α,β-unsaturated/α-hetero) is 1. The Labute approximate surface area is 86.0 Å². The highest BCUT2D eigenvalue weighted by Crippen LogP contribution is 2.18. The molecule has 0 aliphatic heterocycles. The highest BCUT2D eigenvalue weighted by atomic mass is 32.1. The molecule has 0 aromatic carbocycles. The first kappa shape index (κ1) is 9.27. The van der Waals surface area contributed by atoms with Crippen LogP contribution in [0.2, 0.25) is 0 Å². The molecule has 2 aromatic rings. The second-order valence-corrected chi connectivity index (χ2v) is 4.54. The van der Waals surface area contributed by atoms with Crippen LogP contribution in [0.25, 0.3) is 10.2 Å². The predicted molar refractivity (Wildman–Crippen MR) is 55.2 cm³/mol. The number of rotatable bonds is 2. The number of aryl methyl sites for hydroxylation is 1. The SMILES string of the molecule is CC(=O)C[n+]1ccc2nc(C)sc2c1. The van der Waals surface area contributed by atoms with Gasteiger partial charge in [-0.15, -0.1) is 11.3 Å². The number of hydrogen-bond acceptors (Lipinski definition) is 3. The lowest BCUT2D eigenvalue weighted by Gasteiger charge is -1.91. The van der Waals surface area contributed by atoms with Crippen LogP contribution >= 0.6 is 11.3 Å². The van der Waals surface area contributed by atoms with Crippen molar-refractivity contribution in [3.8, 4) is 0 Å². The Bertz CT molecular complexity index is 490. The van der Waals surface area contributed by atoms with Gasteiger partial charge in [0.25, 0.3) is 0 Å². The zero-order valence-electron chi connectivity index (χ0n) is 8.15. The molecule has 0 spiro atoms. The van der Waals surface area contributed by atoms with E-state index in [-0.39, 0.29) is 5.78 Å². The molecule has 0 aliphatic carbocycles. The van der Waals surface area contributed by atoms with Crippen LogP contribution in [0.3, 0.4) is 0 Å². The highest BCUT2D eigenvalue weighted by molar-refractivity contribution is 7.18. The van der Waals surface area contributed by atoms with E-state index in [9.17, 15) is 4.79 Å². The van der Waals surface area contributed by atoms with Crippen molar-refractivity contribution < 1.29 is 9.36 Å². The predicted octanol–water partition coefficient (Wildman–Crippen LogP) is 1.48. The Balaban J connectivity index is 2.45. The average molecular weight is 207 g/mol. The van der Waals surface area contributed by atoms with Crippen molar-refractivity contribution in [3.05, 3.63) is 23.5 Å². The van der Waals surface area contributed by atoms with Crippen LogP contribution in [-0.4, -0.2) is 10.8 Å². The van der Waals surface area contributed by atoms with Crippen LogP contribution in [0.5, 0.6) is 0 Å². The number of fused-ring (bicyclic) bond motifs is 1. The number of carbonyl (C=O) groups is 1. The van der Waals surface area contributed by atoms with Crippen molar-refractivity contribution in [2.45, 2.75) is 20.4 Å². The van der Waals surface area contributed by atoms with Crippen molar-refractivity contribution in [2.24, 2.45) is 0 Å². The van der Waals surface area contributed by atoms with E-state index in [0.717, 1.165) is 15.2 Å². The molecule has 4 heteroatoms. The molecule has 0 unspecified atom stereocenters. The fraction of sp³-hybridized carbons (Fsp3) is 0.300. The molecule has 3 nitrogen and oxygen atoms in total. The fourth-order valence-corrected chi connectivity index (χ4v) is 2.25. The van der Waals surface area contributed by atoms with Crippen molar-refractivity contribution in [1.29, 1.82) is 0 Å². The second-order valence-electron chi connectivity index (χ2n) is 3.30. The maximum atomic E-state index is 10.9. The van der Waals surface area contributed by atoms with Crippen molar-refractivity contribution in [1.82, 2.24) is 4.98 Å². The number of hydrogen-bond donors (Lipinski definition) is 0. The molecule has 0 fully saturated rings. The standard InChI is InChI=1S/C10H11N2OS/c1-7(13)5-12-4-3-9-10(6-12)14-8(2)11-9/h3-4,6H,5H2,1-2H3/q+1. The molecule has 2 aromatic heterocycles. The third-order valence-electron chi connectivity index (χ3n) is 1.90. The number of pyridine rings is 1. The van der Waals surface area contributed by atoms with E-state index < -0.39 is 0 Å². The molecule has 0 saturated heterocycles. The normalized spacial score (nSPS) is 10.7. The Morgan fingerprint density at radius 1 is 1.64 bits per heavy atom. The molecule has 72 valence electrons. The molecular weight excluding hydrogens is 196 g/mol. The van der Waals surface area contributed by atoms with Gasteiger partial charge >= 0.3 is 0 Å². The number of nitrogens with zero attached hydrogens (tertiary/aromatic N) is 2. The van der Waals surface area contributed by atoms with Crippen LogP contribution in [0.4, 0.5) is 0 Å². The maximum Gasteiger partial charge on any atom is 0.206 e. The fourth-order valence-electron chi connectivity index (χ4n) is 1.39. The Kier molecular flexibility index (Phi) is 2.29. The average Bonchev–Trinajstić information content (AvgIpc) is 2.42. The van der Waals surface area contributed by atoms with Crippen LogP contribution in [0, 0.1) is 6.92 Å². The molecule has 0 aliphatic rings. The zero-order chi connectivity index (χ0) is 10.1. The zero-order valence-corrected chi connectivity index (χ0v) is 8.97. The van der Waals surface area contributed by atoms with Crippen LogP contribution < -0.4 is 4.57 Å². The summed E-state index contributed by atoms with van der Waals surface area (Å²) in [6.07, 6.45) is 3.87. The Morgan fingerprint density at radius 2 is 2.43 bits per heavy atom. The van der Waals surface area contributed by atoms with E-state index in [1.54, 1.807) is 18.3 Å². The van der Waals surface area contributed by atoms with Gasteiger partial charge in [0.1, 0.15) is 4.70 Å². The minimum atomic E-state index is 0.163. The van der Waals surface area contributed by atoms with E-state index in [0.29, 0.717) is 6.54 Å². The molecule has 0 bridgehead atoms. The summed E-state index contributed by atoms with van der Waals surface area (Å²) in [5.41, 5.74) is 1.01. The van der Waals surface area contributed by atoms with Gasteiger partial charge in [-0.1, -0.05) is 0 Å². The number of aromatic nitrogens is 2.